The molecule has 0 aliphatic carbocycles. The van der Waals surface area contributed by atoms with Gasteiger partial charge in [0.25, 0.3) is 0 Å². The fourth-order valence-corrected chi connectivity index (χ4v) is 1.31. The minimum Gasteiger partial charge on any atom is -0.480 e. The average Bonchev–Trinajstić information content (AvgIpc) is 2.29. The summed E-state index contributed by atoms with van der Waals surface area (Å²) < 4.78 is 0. The molecule has 0 radical (unpaired) electrons. The smallest absolute Gasteiger partial charge is 0.326 e. The number of nitrogens with one attached hydrogen (secondary N) is 2. The number of rotatable bonds is 7. The van der Waals surface area contributed by atoms with Crippen molar-refractivity contribution >= 4 is 17.9 Å². The molecule has 0 aliphatic rings. The van der Waals surface area contributed by atoms with Gasteiger partial charge in [-0.15, -0.1) is 0 Å². The van der Waals surface area contributed by atoms with Gasteiger partial charge in [-0.1, -0.05) is 27.7 Å². The van der Waals surface area contributed by atoms with Crippen LogP contribution in [0, 0.1) is 11.3 Å². The Morgan fingerprint density at radius 2 is 1.80 bits per heavy atom. The molecule has 0 aromatic heterocycles. The first-order chi connectivity index (χ1) is 9.04. The summed E-state index contributed by atoms with van der Waals surface area (Å²) in [7, 11) is 0. The molecular formula is C13H25N3O4. The molecule has 2 unspecified atom stereocenters. The van der Waals surface area contributed by atoms with E-state index in [-0.39, 0.29) is 24.2 Å². The fraction of sp³-hybridized carbons (Fsp3) is 0.769. The number of carboxylic acids is 1. The van der Waals surface area contributed by atoms with Crippen LogP contribution in [0.3, 0.4) is 0 Å². The van der Waals surface area contributed by atoms with Crippen LogP contribution in [0.4, 0.5) is 4.79 Å². The predicted octanol–water partition coefficient (Wildman–Crippen LogP) is 0.687. The van der Waals surface area contributed by atoms with E-state index < -0.39 is 23.9 Å². The quantitative estimate of drug-likeness (QED) is 0.550. The summed E-state index contributed by atoms with van der Waals surface area (Å²) in [6.07, 6.45) is -0.109. The van der Waals surface area contributed by atoms with Crippen molar-refractivity contribution in [3.8, 4) is 0 Å². The number of carboxylic acid groups (broad SMARTS) is 1. The van der Waals surface area contributed by atoms with Crippen LogP contribution in [0.5, 0.6) is 0 Å². The van der Waals surface area contributed by atoms with Crippen LogP contribution in [-0.2, 0) is 9.59 Å². The highest BCUT2D eigenvalue weighted by Crippen LogP contribution is 2.24. The minimum atomic E-state index is -1.19. The van der Waals surface area contributed by atoms with E-state index in [2.05, 4.69) is 31.4 Å². The first kappa shape index (κ1) is 18.2. The number of hydrogen-bond donors (Lipinski definition) is 4. The highest BCUT2D eigenvalue weighted by Gasteiger charge is 2.23. The Morgan fingerprint density at radius 1 is 1.25 bits per heavy atom. The topological polar surface area (TPSA) is 122 Å². The molecule has 0 saturated carbocycles. The summed E-state index contributed by atoms with van der Waals surface area (Å²) in [5.74, 6) is -1.55. The van der Waals surface area contributed by atoms with Gasteiger partial charge in [-0.2, -0.15) is 0 Å². The van der Waals surface area contributed by atoms with Gasteiger partial charge in [0.1, 0.15) is 6.04 Å². The van der Waals surface area contributed by atoms with Gasteiger partial charge in [0.2, 0.25) is 5.91 Å². The van der Waals surface area contributed by atoms with Gasteiger partial charge in [-0.25, -0.2) is 9.59 Å². The second kappa shape index (κ2) is 7.72. The largest absolute Gasteiger partial charge is 0.480 e. The minimum absolute atomic E-state index is 0.0209. The summed E-state index contributed by atoms with van der Waals surface area (Å²) >= 11 is 0. The maximum atomic E-state index is 11.6. The number of amides is 3. The van der Waals surface area contributed by atoms with Crippen LogP contribution in [-0.4, -0.2) is 35.6 Å². The van der Waals surface area contributed by atoms with Crippen LogP contribution in [0.15, 0.2) is 0 Å². The lowest BCUT2D eigenvalue weighted by molar-refractivity contribution is -0.139. The highest BCUT2D eigenvalue weighted by atomic mass is 16.4. The SMILES string of the molecule is CC(CNC(=O)NC(CCC(N)=O)C(=O)O)C(C)(C)C. The van der Waals surface area contributed by atoms with Crippen LogP contribution in [0.2, 0.25) is 0 Å². The van der Waals surface area contributed by atoms with Crippen LogP contribution < -0.4 is 16.4 Å². The monoisotopic (exact) mass is 287 g/mol. The van der Waals surface area contributed by atoms with E-state index in [0.29, 0.717) is 6.54 Å². The van der Waals surface area contributed by atoms with Gasteiger partial charge in [0.05, 0.1) is 0 Å². The van der Waals surface area contributed by atoms with E-state index in [4.69, 9.17) is 10.8 Å². The predicted molar refractivity (Wildman–Crippen MR) is 75.0 cm³/mol. The zero-order chi connectivity index (χ0) is 15.9. The third-order valence-electron chi connectivity index (χ3n) is 3.33. The molecular weight excluding hydrogens is 262 g/mol. The molecule has 3 amide bonds. The van der Waals surface area contributed by atoms with Crippen LogP contribution in [0.25, 0.3) is 0 Å². The molecule has 20 heavy (non-hydrogen) atoms. The Morgan fingerprint density at radius 3 is 2.20 bits per heavy atom. The van der Waals surface area contributed by atoms with Gasteiger partial charge in [-0.05, 0) is 17.8 Å². The van der Waals surface area contributed by atoms with Crippen molar-refractivity contribution in [1.82, 2.24) is 10.6 Å². The van der Waals surface area contributed by atoms with Crippen molar-refractivity contribution in [2.75, 3.05) is 6.54 Å². The molecule has 0 aromatic rings. The van der Waals surface area contributed by atoms with Crippen molar-refractivity contribution in [2.45, 2.75) is 46.6 Å². The zero-order valence-corrected chi connectivity index (χ0v) is 12.5. The number of aliphatic carboxylic acids is 1. The first-order valence-electron chi connectivity index (χ1n) is 6.59. The summed E-state index contributed by atoms with van der Waals surface area (Å²) in [6.45, 7) is 8.62. The van der Waals surface area contributed by atoms with Crippen LogP contribution >= 0.6 is 0 Å². The van der Waals surface area contributed by atoms with Crippen LogP contribution in [0.1, 0.15) is 40.5 Å². The maximum Gasteiger partial charge on any atom is 0.326 e. The van der Waals surface area contributed by atoms with E-state index in [9.17, 15) is 14.4 Å². The molecule has 116 valence electrons. The summed E-state index contributed by atoms with van der Waals surface area (Å²) in [5.41, 5.74) is 5.00. The van der Waals surface area contributed by atoms with Gasteiger partial charge in [0.15, 0.2) is 0 Å². The van der Waals surface area contributed by atoms with Crippen molar-refractivity contribution < 1.29 is 19.5 Å². The number of hydrogen-bond acceptors (Lipinski definition) is 3. The first-order valence-corrected chi connectivity index (χ1v) is 6.59. The Bertz CT molecular complexity index is 363. The number of carbonyl (C=O) groups excluding carboxylic acids is 2. The molecule has 0 heterocycles. The van der Waals surface area contributed by atoms with E-state index in [1.165, 1.54) is 0 Å². The van der Waals surface area contributed by atoms with E-state index in [1.807, 2.05) is 6.92 Å². The number of primary amides is 1. The molecule has 7 nitrogen and oxygen atoms in total. The molecule has 0 aliphatic heterocycles. The van der Waals surface area contributed by atoms with E-state index in [0.717, 1.165) is 0 Å². The highest BCUT2D eigenvalue weighted by molar-refractivity contribution is 5.83. The van der Waals surface area contributed by atoms with Crippen molar-refractivity contribution in [2.24, 2.45) is 17.1 Å². The van der Waals surface area contributed by atoms with Crippen molar-refractivity contribution in [1.29, 1.82) is 0 Å². The standard InChI is InChI=1S/C13H25N3O4/c1-8(13(2,3)4)7-15-12(20)16-9(11(18)19)5-6-10(14)17/h8-9H,5-7H2,1-4H3,(H2,14,17)(H,18,19)(H2,15,16,20). The van der Waals surface area contributed by atoms with Crippen molar-refractivity contribution in [3.05, 3.63) is 0 Å². The lowest BCUT2D eigenvalue weighted by Crippen LogP contribution is -2.47. The normalized spacial score (nSPS) is 14.2. The Balaban J connectivity index is 4.27. The third-order valence-corrected chi connectivity index (χ3v) is 3.33. The van der Waals surface area contributed by atoms with Gasteiger partial charge in [0, 0.05) is 13.0 Å². The van der Waals surface area contributed by atoms with E-state index in [1.54, 1.807) is 0 Å². The second-order valence-electron chi connectivity index (χ2n) is 6.02. The molecule has 0 aromatic carbocycles. The lowest BCUT2D eigenvalue weighted by Gasteiger charge is -2.27. The number of carbonyl (C=O) groups is 3. The zero-order valence-electron chi connectivity index (χ0n) is 12.5. The van der Waals surface area contributed by atoms with Gasteiger partial charge in [-0.3, -0.25) is 4.79 Å². The summed E-state index contributed by atoms with van der Waals surface area (Å²) in [5, 5.41) is 13.9. The summed E-state index contributed by atoms with van der Waals surface area (Å²) in [4.78, 5) is 33.2. The molecule has 2 atom stereocenters. The molecule has 0 saturated heterocycles. The summed E-state index contributed by atoms with van der Waals surface area (Å²) in [6, 6.07) is -1.68. The lowest BCUT2D eigenvalue weighted by atomic mass is 9.82. The van der Waals surface area contributed by atoms with Gasteiger partial charge < -0.3 is 21.5 Å². The molecule has 0 rings (SSSR count). The Labute approximate surface area is 119 Å². The Kier molecular flexibility index (Phi) is 7.02. The molecule has 5 N–H and O–H groups in total. The number of nitrogens with two attached hydrogens (primary N) is 1. The molecule has 7 heteroatoms. The Hall–Kier alpha value is -1.79. The fourth-order valence-electron chi connectivity index (χ4n) is 1.31. The molecule has 0 spiro atoms. The van der Waals surface area contributed by atoms with E-state index >= 15 is 0 Å². The van der Waals surface area contributed by atoms with Crippen molar-refractivity contribution in [3.63, 3.8) is 0 Å². The third kappa shape index (κ3) is 7.60. The van der Waals surface area contributed by atoms with Gasteiger partial charge >= 0.3 is 12.0 Å². The second-order valence-corrected chi connectivity index (χ2v) is 6.02. The molecule has 0 bridgehead atoms. The number of urea groups is 1. The molecule has 0 fully saturated rings. The maximum absolute atomic E-state index is 11.6. The average molecular weight is 287 g/mol.